The minimum Gasteiger partial charge on any atom is -0.367 e. The molecule has 0 spiro atoms. The van der Waals surface area contributed by atoms with Crippen LogP contribution >= 0.6 is 0 Å². The molecule has 0 saturated carbocycles. The van der Waals surface area contributed by atoms with Crippen LogP contribution in [-0.2, 0) is 4.79 Å². The number of hydrogen-bond acceptors (Lipinski definition) is 2. The zero-order valence-corrected chi connectivity index (χ0v) is 6.05. The van der Waals surface area contributed by atoms with E-state index in [0.717, 1.165) is 20.3 Å². The Morgan fingerprint density at radius 1 is 1.56 bits per heavy atom. The van der Waals surface area contributed by atoms with Gasteiger partial charge >= 0.3 is 0 Å². The Labute approximate surface area is 57.1 Å². The molecule has 3 heteroatoms. The Balaban J connectivity index is 3.64. The van der Waals surface area contributed by atoms with E-state index in [1.165, 1.54) is 0 Å². The highest BCUT2D eigenvalue weighted by molar-refractivity contribution is 6.71. The number of carbonyl (C=O) groups is 1. The van der Waals surface area contributed by atoms with Crippen molar-refractivity contribution in [2.75, 3.05) is 0 Å². The Bertz CT molecular complexity index is 91.1. The van der Waals surface area contributed by atoms with Crippen molar-refractivity contribution in [3.63, 3.8) is 0 Å². The van der Waals surface area contributed by atoms with Crippen molar-refractivity contribution in [3.8, 4) is 0 Å². The summed E-state index contributed by atoms with van der Waals surface area (Å²) in [6.07, 6.45) is 1.78. The Kier molecular flexibility index (Phi) is 4.41. The summed E-state index contributed by atoms with van der Waals surface area (Å²) in [7, 11) is 1.16. The largest absolute Gasteiger partial charge is 0.367 e. The molecule has 0 aliphatic heterocycles. The summed E-state index contributed by atoms with van der Waals surface area (Å²) < 4.78 is 0. The normalized spacial score (nSPS) is 9.78. The second kappa shape index (κ2) is 4.56. The van der Waals surface area contributed by atoms with Crippen LogP contribution in [0.4, 0.5) is 0 Å². The highest BCUT2D eigenvalue weighted by Crippen LogP contribution is 2.06. The van der Waals surface area contributed by atoms with Gasteiger partial charge in [0.05, 0.1) is 0 Å². The zero-order valence-electron chi connectivity index (χ0n) is 6.05. The van der Waals surface area contributed by atoms with E-state index in [1.54, 1.807) is 0 Å². The van der Waals surface area contributed by atoms with E-state index in [4.69, 9.17) is 5.64 Å². The van der Waals surface area contributed by atoms with Crippen LogP contribution in [0, 0.1) is 5.92 Å². The third-order valence-corrected chi connectivity index (χ3v) is 1.55. The Morgan fingerprint density at radius 3 is 2.11 bits per heavy atom. The molecule has 0 aliphatic carbocycles. The van der Waals surface area contributed by atoms with Crippen molar-refractivity contribution in [1.29, 1.82) is 0 Å². The molecule has 2 nitrogen and oxygen atoms in total. The van der Waals surface area contributed by atoms with Gasteiger partial charge in [-0.1, -0.05) is 13.8 Å². The van der Waals surface area contributed by atoms with E-state index >= 15 is 0 Å². The quantitative estimate of drug-likeness (QED) is 0.558. The predicted octanol–water partition coefficient (Wildman–Crippen LogP) is 0.527. The summed E-state index contributed by atoms with van der Waals surface area (Å²) in [6, 6.07) is 0. The minimum atomic E-state index is 0.0694. The molecule has 0 amide bonds. The molecule has 0 fully saturated rings. The fourth-order valence-electron chi connectivity index (χ4n) is 0.827. The third kappa shape index (κ3) is 2.66. The molecule has 0 aliphatic rings. The highest BCUT2D eigenvalue weighted by Gasteiger charge is 2.11. The summed E-state index contributed by atoms with van der Waals surface area (Å²) >= 11 is 0. The van der Waals surface area contributed by atoms with Crippen LogP contribution in [-0.4, -0.2) is 13.1 Å². The predicted molar refractivity (Wildman–Crippen MR) is 39.0 cm³/mol. The fourth-order valence-corrected chi connectivity index (χ4v) is 0.827. The average molecular weight is 126 g/mol. The van der Waals surface area contributed by atoms with Crippen LogP contribution in [0.25, 0.3) is 0 Å². The monoisotopic (exact) mass is 126 g/mol. The van der Waals surface area contributed by atoms with E-state index in [0.29, 0.717) is 0 Å². The van der Waals surface area contributed by atoms with Crippen LogP contribution in [0.2, 0.25) is 0 Å². The van der Waals surface area contributed by atoms with Crippen molar-refractivity contribution >= 4 is 13.1 Å². The third-order valence-electron chi connectivity index (χ3n) is 1.55. The lowest BCUT2D eigenvalue weighted by atomic mass is 9.78. The molecule has 0 unspecified atom stereocenters. The lowest BCUT2D eigenvalue weighted by molar-refractivity contribution is -0.115. The lowest BCUT2D eigenvalue weighted by Gasteiger charge is -2.06. The van der Waals surface area contributed by atoms with Gasteiger partial charge in [0, 0.05) is 5.92 Å². The van der Waals surface area contributed by atoms with Gasteiger partial charge < -0.3 is 10.4 Å². The van der Waals surface area contributed by atoms with Gasteiger partial charge in [-0.15, -0.1) is 0 Å². The molecular formula is C6H13BNO. The lowest BCUT2D eigenvalue weighted by Crippen LogP contribution is -2.25. The molecule has 51 valence electrons. The minimum absolute atomic E-state index is 0.0694. The van der Waals surface area contributed by atoms with Gasteiger partial charge in [-0.25, -0.2) is 0 Å². The average Bonchev–Trinajstić information content (AvgIpc) is 1.90. The van der Waals surface area contributed by atoms with Gasteiger partial charge in [0.2, 0.25) is 0 Å². The first kappa shape index (κ1) is 8.69. The van der Waals surface area contributed by atoms with Gasteiger partial charge in [-0.3, -0.25) is 0 Å². The van der Waals surface area contributed by atoms with Crippen LogP contribution < -0.4 is 5.64 Å². The van der Waals surface area contributed by atoms with Gasteiger partial charge in [0.15, 0.2) is 0 Å². The van der Waals surface area contributed by atoms with Crippen LogP contribution in [0.3, 0.4) is 0 Å². The standard InChI is InChI=1S/C6H13BNO/c1-3-5(4-2)6(9)7-8/h5H,3-4,8H2,1-2H3. The summed E-state index contributed by atoms with van der Waals surface area (Å²) in [5, 5.41) is 0. The number of rotatable bonds is 4. The summed E-state index contributed by atoms with van der Waals surface area (Å²) in [5.41, 5.74) is 5.12. The van der Waals surface area contributed by atoms with Crippen molar-refractivity contribution in [2.45, 2.75) is 26.7 Å². The molecule has 9 heavy (non-hydrogen) atoms. The molecule has 1 radical (unpaired) electrons. The summed E-state index contributed by atoms with van der Waals surface area (Å²) in [5.74, 6) is 0.148. The van der Waals surface area contributed by atoms with Crippen LogP contribution in [0.1, 0.15) is 26.7 Å². The topological polar surface area (TPSA) is 43.1 Å². The fraction of sp³-hybridized carbons (Fsp3) is 0.833. The summed E-state index contributed by atoms with van der Waals surface area (Å²) in [4.78, 5) is 10.8. The van der Waals surface area contributed by atoms with E-state index in [9.17, 15) is 4.79 Å². The molecular weight excluding hydrogens is 113 g/mol. The first-order valence-electron chi connectivity index (χ1n) is 3.35. The zero-order chi connectivity index (χ0) is 7.28. The molecule has 0 aromatic heterocycles. The van der Waals surface area contributed by atoms with E-state index in [1.807, 2.05) is 13.8 Å². The summed E-state index contributed by atoms with van der Waals surface area (Å²) in [6.45, 7) is 3.99. The first-order valence-corrected chi connectivity index (χ1v) is 3.35. The molecule has 2 N–H and O–H groups in total. The van der Waals surface area contributed by atoms with Gasteiger partial charge in [0.1, 0.15) is 5.68 Å². The van der Waals surface area contributed by atoms with Crippen LogP contribution in [0.5, 0.6) is 0 Å². The second-order valence-electron chi connectivity index (χ2n) is 2.08. The van der Waals surface area contributed by atoms with Gasteiger partial charge in [-0.2, -0.15) is 0 Å². The van der Waals surface area contributed by atoms with E-state index in [-0.39, 0.29) is 11.6 Å². The Hall–Kier alpha value is -0.305. The van der Waals surface area contributed by atoms with Crippen LogP contribution in [0.15, 0.2) is 0 Å². The number of nitrogens with two attached hydrogens (primary N) is 1. The van der Waals surface area contributed by atoms with Crippen molar-refractivity contribution in [1.82, 2.24) is 0 Å². The molecule has 0 saturated heterocycles. The molecule has 0 bridgehead atoms. The van der Waals surface area contributed by atoms with E-state index < -0.39 is 0 Å². The van der Waals surface area contributed by atoms with Crippen molar-refractivity contribution < 1.29 is 4.79 Å². The second-order valence-corrected chi connectivity index (χ2v) is 2.08. The Morgan fingerprint density at radius 2 is 2.00 bits per heavy atom. The van der Waals surface area contributed by atoms with Crippen molar-refractivity contribution in [2.24, 2.45) is 11.6 Å². The maximum atomic E-state index is 10.8. The number of carbonyl (C=O) groups excluding carboxylic acids is 1. The van der Waals surface area contributed by atoms with Gasteiger partial charge in [-0.05, 0) is 12.8 Å². The maximum Gasteiger partial charge on any atom is 0.292 e. The SMILES string of the molecule is CCC(CC)C(=O)[B]N. The van der Waals surface area contributed by atoms with Crippen molar-refractivity contribution in [3.05, 3.63) is 0 Å². The smallest absolute Gasteiger partial charge is 0.292 e. The van der Waals surface area contributed by atoms with Gasteiger partial charge in [0.25, 0.3) is 7.41 Å². The first-order chi connectivity index (χ1) is 4.26. The molecule has 0 heterocycles. The number of hydrogen-bond donors (Lipinski definition) is 1. The molecule has 0 atom stereocenters. The highest BCUT2D eigenvalue weighted by atomic mass is 16.1. The van der Waals surface area contributed by atoms with E-state index in [2.05, 4.69) is 0 Å². The maximum absolute atomic E-state index is 10.8. The molecule has 0 rings (SSSR count). The molecule has 0 aromatic carbocycles. The molecule has 0 aromatic rings.